The second-order valence-electron chi connectivity index (χ2n) is 6.57. The summed E-state index contributed by atoms with van der Waals surface area (Å²) in [5.74, 6) is 0.00734. The van der Waals surface area contributed by atoms with Crippen molar-refractivity contribution in [2.45, 2.75) is 33.4 Å². The number of nitrogens with one attached hydrogen (secondary N) is 1. The lowest BCUT2D eigenvalue weighted by atomic mass is 10.1. The van der Waals surface area contributed by atoms with Gasteiger partial charge in [0.2, 0.25) is 5.91 Å². The van der Waals surface area contributed by atoms with Crippen LogP contribution in [-0.4, -0.2) is 36.4 Å². The molecule has 0 radical (unpaired) electrons. The fraction of sp³-hybridized carbons (Fsp3) is 0.333. The number of aryl methyl sites for hydroxylation is 2. The average molecular weight is 423 g/mol. The van der Waals surface area contributed by atoms with Crippen molar-refractivity contribution >= 4 is 35.0 Å². The Labute approximate surface area is 175 Å². The third-order valence-corrected chi connectivity index (χ3v) is 5.21. The van der Waals surface area contributed by atoms with E-state index in [0.717, 1.165) is 11.1 Å². The maximum Gasteiger partial charge on any atom is 0.261 e. The number of rotatable bonds is 7. The predicted molar refractivity (Wildman–Crippen MR) is 112 cm³/mol. The summed E-state index contributed by atoms with van der Waals surface area (Å²) in [4.78, 5) is 26.5. The molecule has 0 saturated heterocycles. The average Bonchev–Trinajstić information content (AvgIpc) is 2.67. The molecule has 0 aromatic heterocycles. The molecule has 2 aromatic carbocycles. The summed E-state index contributed by atoms with van der Waals surface area (Å²) < 4.78 is 5.73. The first-order valence-electron chi connectivity index (χ1n) is 8.88. The fourth-order valence-electron chi connectivity index (χ4n) is 2.73. The van der Waals surface area contributed by atoms with Gasteiger partial charge in [0.25, 0.3) is 5.91 Å². The van der Waals surface area contributed by atoms with Gasteiger partial charge in [-0.05, 0) is 50.1 Å². The van der Waals surface area contributed by atoms with Gasteiger partial charge in [-0.3, -0.25) is 9.59 Å². The SMILES string of the molecule is CNC(=O)[C@@H](C)N(Cc1c(Cl)cccc1Cl)C(=O)COc1cc(C)ccc1C. The number of nitrogens with zero attached hydrogens (tertiary/aromatic N) is 1. The molecular weight excluding hydrogens is 399 g/mol. The first-order valence-corrected chi connectivity index (χ1v) is 9.64. The highest BCUT2D eigenvalue weighted by Crippen LogP contribution is 2.27. The van der Waals surface area contributed by atoms with Crippen LogP contribution in [0.1, 0.15) is 23.6 Å². The molecule has 0 heterocycles. The van der Waals surface area contributed by atoms with E-state index in [0.29, 0.717) is 21.4 Å². The van der Waals surface area contributed by atoms with Crippen molar-refractivity contribution in [3.05, 3.63) is 63.1 Å². The van der Waals surface area contributed by atoms with Gasteiger partial charge in [-0.2, -0.15) is 0 Å². The van der Waals surface area contributed by atoms with Crippen molar-refractivity contribution in [2.24, 2.45) is 0 Å². The maximum absolute atomic E-state index is 12.9. The highest BCUT2D eigenvalue weighted by Gasteiger charge is 2.27. The molecule has 0 aliphatic rings. The number of amides is 2. The Kier molecular flexibility index (Phi) is 7.72. The van der Waals surface area contributed by atoms with Crippen LogP contribution in [-0.2, 0) is 16.1 Å². The Morgan fingerprint density at radius 3 is 2.39 bits per heavy atom. The summed E-state index contributed by atoms with van der Waals surface area (Å²) in [5, 5.41) is 3.44. The van der Waals surface area contributed by atoms with E-state index in [1.54, 1.807) is 25.1 Å². The normalized spacial score (nSPS) is 11.6. The zero-order chi connectivity index (χ0) is 20.8. The molecule has 7 heteroatoms. The number of ether oxygens (including phenoxy) is 1. The molecule has 0 aliphatic heterocycles. The lowest BCUT2D eigenvalue weighted by Crippen LogP contribution is -2.48. The summed E-state index contributed by atoms with van der Waals surface area (Å²) in [7, 11) is 1.52. The van der Waals surface area contributed by atoms with Crippen LogP contribution in [0.3, 0.4) is 0 Å². The fourth-order valence-corrected chi connectivity index (χ4v) is 3.25. The Morgan fingerprint density at radius 2 is 1.79 bits per heavy atom. The maximum atomic E-state index is 12.9. The smallest absolute Gasteiger partial charge is 0.261 e. The molecule has 2 amide bonds. The van der Waals surface area contributed by atoms with Crippen LogP contribution in [0.15, 0.2) is 36.4 Å². The quantitative estimate of drug-likeness (QED) is 0.728. The summed E-state index contributed by atoms with van der Waals surface area (Å²) in [6, 6.07) is 10.2. The largest absolute Gasteiger partial charge is 0.483 e. The zero-order valence-corrected chi connectivity index (χ0v) is 17.9. The molecule has 1 N–H and O–H groups in total. The van der Waals surface area contributed by atoms with Crippen molar-refractivity contribution < 1.29 is 14.3 Å². The number of hydrogen-bond acceptors (Lipinski definition) is 3. The van der Waals surface area contributed by atoms with Crippen LogP contribution in [0, 0.1) is 13.8 Å². The van der Waals surface area contributed by atoms with E-state index in [-0.39, 0.29) is 25.0 Å². The van der Waals surface area contributed by atoms with Crippen LogP contribution < -0.4 is 10.1 Å². The number of likely N-dealkylation sites (N-methyl/N-ethyl adjacent to an activating group) is 1. The first-order chi connectivity index (χ1) is 13.2. The minimum atomic E-state index is -0.716. The highest BCUT2D eigenvalue weighted by molar-refractivity contribution is 6.36. The molecular formula is C21H24Cl2N2O3. The van der Waals surface area contributed by atoms with E-state index in [1.807, 2.05) is 32.0 Å². The van der Waals surface area contributed by atoms with Gasteiger partial charge in [-0.15, -0.1) is 0 Å². The van der Waals surface area contributed by atoms with Gasteiger partial charge in [0.1, 0.15) is 11.8 Å². The van der Waals surface area contributed by atoms with Crippen LogP contribution in [0.2, 0.25) is 10.0 Å². The van der Waals surface area contributed by atoms with E-state index in [4.69, 9.17) is 27.9 Å². The molecule has 28 heavy (non-hydrogen) atoms. The van der Waals surface area contributed by atoms with E-state index in [2.05, 4.69) is 5.32 Å². The van der Waals surface area contributed by atoms with Crippen LogP contribution in [0.4, 0.5) is 0 Å². The second-order valence-corrected chi connectivity index (χ2v) is 7.38. The van der Waals surface area contributed by atoms with Crippen LogP contribution in [0.25, 0.3) is 0 Å². The third-order valence-electron chi connectivity index (χ3n) is 4.50. The summed E-state index contributed by atoms with van der Waals surface area (Å²) in [5.41, 5.74) is 2.55. The molecule has 0 saturated carbocycles. The number of carbonyl (C=O) groups is 2. The van der Waals surface area contributed by atoms with Crippen molar-refractivity contribution in [3.63, 3.8) is 0 Å². The summed E-state index contributed by atoms with van der Waals surface area (Å²) in [6.07, 6.45) is 0. The second kappa shape index (κ2) is 9.80. The molecule has 0 spiro atoms. The van der Waals surface area contributed by atoms with Crippen LogP contribution in [0.5, 0.6) is 5.75 Å². The Bertz CT molecular complexity index is 850. The molecule has 0 fully saturated rings. The Hall–Kier alpha value is -2.24. The number of carbonyl (C=O) groups excluding carboxylic acids is 2. The third kappa shape index (κ3) is 5.40. The number of benzene rings is 2. The summed E-state index contributed by atoms with van der Waals surface area (Å²) in [6.45, 7) is 5.41. The predicted octanol–water partition coefficient (Wildman–Crippen LogP) is 4.15. The Morgan fingerprint density at radius 1 is 1.14 bits per heavy atom. The molecule has 0 aliphatic carbocycles. The van der Waals surface area contributed by atoms with Gasteiger partial charge < -0.3 is 15.0 Å². The molecule has 0 unspecified atom stereocenters. The molecule has 150 valence electrons. The topological polar surface area (TPSA) is 58.6 Å². The van der Waals surface area contributed by atoms with Gasteiger partial charge in [-0.1, -0.05) is 41.4 Å². The highest BCUT2D eigenvalue weighted by atomic mass is 35.5. The van der Waals surface area contributed by atoms with Crippen molar-refractivity contribution in [1.82, 2.24) is 10.2 Å². The van der Waals surface area contributed by atoms with Crippen molar-refractivity contribution in [3.8, 4) is 5.75 Å². The standard InChI is InChI=1S/C21H24Cl2N2O3/c1-13-8-9-14(2)19(10-13)28-12-20(26)25(15(3)21(27)24-4)11-16-17(22)6-5-7-18(16)23/h5-10,15H,11-12H2,1-4H3,(H,24,27)/t15-/m1/s1. The minimum Gasteiger partial charge on any atom is -0.483 e. The zero-order valence-electron chi connectivity index (χ0n) is 16.4. The first kappa shape index (κ1) is 22.1. The lowest BCUT2D eigenvalue weighted by molar-refractivity contribution is -0.142. The number of hydrogen-bond donors (Lipinski definition) is 1. The number of halogens is 2. The monoisotopic (exact) mass is 422 g/mol. The van der Waals surface area contributed by atoms with E-state index in [9.17, 15) is 9.59 Å². The molecule has 1 atom stereocenters. The van der Waals surface area contributed by atoms with E-state index >= 15 is 0 Å². The molecule has 2 aromatic rings. The van der Waals surface area contributed by atoms with E-state index in [1.165, 1.54) is 11.9 Å². The van der Waals surface area contributed by atoms with E-state index < -0.39 is 6.04 Å². The lowest BCUT2D eigenvalue weighted by Gasteiger charge is -2.29. The van der Waals surface area contributed by atoms with Gasteiger partial charge in [0.15, 0.2) is 6.61 Å². The molecule has 5 nitrogen and oxygen atoms in total. The Balaban J connectivity index is 2.24. The van der Waals surface area contributed by atoms with Gasteiger partial charge >= 0.3 is 0 Å². The minimum absolute atomic E-state index is 0.0993. The van der Waals surface area contributed by atoms with Gasteiger partial charge in [0, 0.05) is 29.2 Å². The summed E-state index contributed by atoms with van der Waals surface area (Å²) >= 11 is 12.5. The van der Waals surface area contributed by atoms with Crippen molar-refractivity contribution in [2.75, 3.05) is 13.7 Å². The van der Waals surface area contributed by atoms with Crippen molar-refractivity contribution in [1.29, 1.82) is 0 Å². The molecule has 2 rings (SSSR count). The van der Waals surface area contributed by atoms with Gasteiger partial charge in [0.05, 0.1) is 0 Å². The van der Waals surface area contributed by atoms with Crippen LogP contribution >= 0.6 is 23.2 Å². The molecule has 0 bridgehead atoms. The van der Waals surface area contributed by atoms with Gasteiger partial charge in [-0.25, -0.2) is 0 Å².